The molecular weight excluding hydrogens is 284 g/mol. The van der Waals surface area contributed by atoms with Crippen LogP contribution < -0.4 is 10.5 Å². The Kier molecular flexibility index (Phi) is 3.18. The van der Waals surface area contributed by atoms with Crippen molar-refractivity contribution in [2.45, 2.75) is 4.90 Å². The fourth-order valence-electron chi connectivity index (χ4n) is 1.07. The highest BCUT2D eigenvalue weighted by Crippen LogP contribution is 2.18. The van der Waals surface area contributed by atoms with Crippen LogP contribution in [0.15, 0.2) is 29.2 Å². The summed E-state index contributed by atoms with van der Waals surface area (Å²) in [4.78, 5) is 3.79. The summed E-state index contributed by atoms with van der Waals surface area (Å²) in [6.45, 7) is 0. The monoisotopic (exact) mass is 290 g/mol. The van der Waals surface area contributed by atoms with E-state index in [9.17, 15) is 8.42 Å². The largest absolute Gasteiger partial charge is 0.374 e. The Morgan fingerprint density at radius 3 is 2.47 bits per heavy atom. The lowest BCUT2D eigenvalue weighted by atomic mass is 10.4. The van der Waals surface area contributed by atoms with E-state index in [-0.39, 0.29) is 16.0 Å². The lowest BCUT2D eigenvalue weighted by Gasteiger charge is -2.03. The van der Waals surface area contributed by atoms with Crippen LogP contribution in [0.5, 0.6) is 0 Å². The van der Waals surface area contributed by atoms with Crippen LogP contribution >= 0.6 is 23.1 Å². The molecule has 2 rings (SSSR count). The van der Waals surface area contributed by atoms with Crippen LogP contribution in [0.1, 0.15) is 0 Å². The molecule has 0 bridgehead atoms. The molecule has 90 valence electrons. The van der Waals surface area contributed by atoms with Gasteiger partial charge in [-0.05, 0) is 24.3 Å². The summed E-state index contributed by atoms with van der Waals surface area (Å²) in [7, 11) is -3.70. The van der Waals surface area contributed by atoms with Crippen LogP contribution in [0.2, 0.25) is 5.02 Å². The average Bonchev–Trinajstić information content (AvgIpc) is 2.63. The second-order valence-electron chi connectivity index (χ2n) is 3.02. The third kappa shape index (κ3) is 2.84. The number of rotatable bonds is 3. The van der Waals surface area contributed by atoms with Crippen LogP contribution in [0, 0.1) is 0 Å². The predicted octanol–water partition coefficient (Wildman–Crippen LogP) is 1.57. The zero-order valence-electron chi connectivity index (χ0n) is 8.29. The van der Waals surface area contributed by atoms with Crippen molar-refractivity contribution in [3.05, 3.63) is 29.3 Å². The lowest BCUT2D eigenvalue weighted by molar-refractivity contribution is 0.601. The highest BCUT2D eigenvalue weighted by atomic mass is 35.5. The van der Waals surface area contributed by atoms with E-state index in [1.54, 1.807) is 0 Å². The summed E-state index contributed by atoms with van der Waals surface area (Å²) in [5.74, 6) is -0.0394. The molecule has 2 aromatic rings. The molecule has 0 amide bonds. The SMILES string of the molecule is Nc1nc(NS(=O)(=O)c2ccc(Cl)cc2)ns1. The maximum atomic E-state index is 11.9. The fourth-order valence-corrected chi connectivity index (χ4v) is 2.59. The van der Waals surface area contributed by atoms with Crippen LogP contribution in [0.25, 0.3) is 0 Å². The third-order valence-electron chi connectivity index (χ3n) is 1.79. The molecule has 17 heavy (non-hydrogen) atoms. The van der Waals surface area contributed by atoms with Gasteiger partial charge in [0.25, 0.3) is 16.0 Å². The molecule has 0 aliphatic carbocycles. The fraction of sp³-hybridized carbons (Fsp3) is 0. The van der Waals surface area contributed by atoms with E-state index in [2.05, 4.69) is 14.1 Å². The summed E-state index contributed by atoms with van der Waals surface area (Å²) in [6.07, 6.45) is 0. The Morgan fingerprint density at radius 2 is 1.94 bits per heavy atom. The molecule has 3 N–H and O–H groups in total. The molecule has 0 fully saturated rings. The number of nitrogens with two attached hydrogens (primary N) is 1. The van der Waals surface area contributed by atoms with Gasteiger partial charge in [0.2, 0.25) is 5.13 Å². The minimum atomic E-state index is -3.70. The van der Waals surface area contributed by atoms with Gasteiger partial charge in [0.05, 0.1) is 4.90 Å². The molecule has 6 nitrogen and oxygen atoms in total. The Morgan fingerprint density at radius 1 is 1.29 bits per heavy atom. The number of hydrogen-bond donors (Lipinski definition) is 2. The molecule has 9 heteroatoms. The van der Waals surface area contributed by atoms with Gasteiger partial charge in [-0.15, -0.1) is 0 Å². The molecule has 1 aromatic carbocycles. The number of halogens is 1. The summed E-state index contributed by atoms with van der Waals surface area (Å²) in [6, 6.07) is 5.75. The van der Waals surface area contributed by atoms with Gasteiger partial charge in [-0.1, -0.05) is 11.6 Å². The van der Waals surface area contributed by atoms with Crippen molar-refractivity contribution >= 4 is 44.2 Å². The summed E-state index contributed by atoms with van der Waals surface area (Å²) in [5.41, 5.74) is 5.35. The number of benzene rings is 1. The normalized spacial score (nSPS) is 11.4. The first-order valence-corrected chi connectivity index (χ1v) is 6.98. The number of nitrogen functional groups attached to an aromatic ring is 1. The standard InChI is InChI=1S/C8H7ClN4O2S2/c9-5-1-3-6(4-2-5)17(14,15)13-8-11-7(10)16-12-8/h1-4H,(H3,10,11,12,13). The van der Waals surface area contributed by atoms with Crippen molar-refractivity contribution < 1.29 is 8.42 Å². The topological polar surface area (TPSA) is 98.0 Å². The smallest absolute Gasteiger partial charge is 0.264 e. The average molecular weight is 291 g/mol. The van der Waals surface area contributed by atoms with Gasteiger partial charge in [-0.2, -0.15) is 9.36 Å². The van der Waals surface area contributed by atoms with Gasteiger partial charge < -0.3 is 5.73 Å². The predicted molar refractivity (Wildman–Crippen MR) is 66.6 cm³/mol. The Labute approximate surface area is 107 Å². The third-order valence-corrected chi connectivity index (χ3v) is 3.93. The second kappa shape index (κ2) is 4.47. The van der Waals surface area contributed by atoms with Crippen molar-refractivity contribution in [3.8, 4) is 0 Å². The summed E-state index contributed by atoms with van der Waals surface area (Å²) in [5, 5.41) is 0.652. The van der Waals surface area contributed by atoms with Gasteiger partial charge in [0.15, 0.2) is 0 Å². The van der Waals surface area contributed by atoms with Crippen LogP contribution in [0.3, 0.4) is 0 Å². The van der Waals surface area contributed by atoms with Crippen molar-refractivity contribution in [2.75, 3.05) is 10.5 Å². The van der Waals surface area contributed by atoms with Crippen LogP contribution in [0.4, 0.5) is 11.1 Å². The molecular formula is C8H7ClN4O2S2. The van der Waals surface area contributed by atoms with Gasteiger partial charge in [-0.3, -0.25) is 0 Å². The zero-order chi connectivity index (χ0) is 12.5. The van der Waals surface area contributed by atoms with E-state index in [1.165, 1.54) is 24.3 Å². The molecule has 0 radical (unpaired) electrons. The van der Waals surface area contributed by atoms with E-state index in [0.717, 1.165) is 11.5 Å². The Balaban J connectivity index is 2.28. The molecule has 0 saturated carbocycles. The van der Waals surface area contributed by atoms with Crippen molar-refractivity contribution in [1.82, 2.24) is 9.36 Å². The van der Waals surface area contributed by atoms with E-state index in [4.69, 9.17) is 17.3 Å². The van der Waals surface area contributed by atoms with Crippen LogP contribution in [-0.2, 0) is 10.0 Å². The second-order valence-corrected chi connectivity index (χ2v) is 5.92. The first-order valence-electron chi connectivity index (χ1n) is 4.35. The Bertz CT molecular complexity index is 623. The number of nitrogens with one attached hydrogen (secondary N) is 1. The highest BCUT2D eigenvalue weighted by molar-refractivity contribution is 7.92. The molecule has 0 unspecified atom stereocenters. The lowest BCUT2D eigenvalue weighted by Crippen LogP contribution is -2.13. The highest BCUT2D eigenvalue weighted by Gasteiger charge is 2.16. The molecule has 1 aromatic heterocycles. The molecule has 1 heterocycles. The first kappa shape index (κ1) is 12.1. The van der Waals surface area contributed by atoms with E-state index < -0.39 is 10.0 Å². The van der Waals surface area contributed by atoms with E-state index in [1.807, 2.05) is 0 Å². The zero-order valence-corrected chi connectivity index (χ0v) is 10.7. The molecule has 0 saturated heterocycles. The van der Waals surface area contributed by atoms with Gasteiger partial charge in [0, 0.05) is 16.6 Å². The molecule has 0 atom stereocenters. The maximum absolute atomic E-state index is 11.9. The van der Waals surface area contributed by atoms with Crippen LogP contribution in [-0.4, -0.2) is 17.8 Å². The Hall–Kier alpha value is -1.38. The minimum absolute atomic E-state index is 0.0394. The number of nitrogens with zero attached hydrogens (tertiary/aromatic N) is 2. The van der Waals surface area contributed by atoms with E-state index in [0.29, 0.717) is 5.02 Å². The molecule has 0 spiro atoms. The first-order chi connectivity index (χ1) is 7.97. The van der Waals surface area contributed by atoms with Crippen molar-refractivity contribution in [1.29, 1.82) is 0 Å². The number of sulfonamides is 1. The van der Waals surface area contributed by atoms with Crippen molar-refractivity contribution in [3.63, 3.8) is 0 Å². The number of hydrogen-bond acceptors (Lipinski definition) is 6. The number of anilines is 2. The quantitative estimate of drug-likeness (QED) is 0.894. The molecule has 0 aliphatic rings. The maximum Gasteiger partial charge on any atom is 0.264 e. The van der Waals surface area contributed by atoms with Gasteiger partial charge in [0.1, 0.15) is 0 Å². The van der Waals surface area contributed by atoms with Gasteiger partial charge in [-0.25, -0.2) is 13.1 Å². The van der Waals surface area contributed by atoms with Crippen molar-refractivity contribution in [2.24, 2.45) is 0 Å². The summed E-state index contributed by atoms with van der Waals surface area (Å²) >= 11 is 6.58. The van der Waals surface area contributed by atoms with Gasteiger partial charge >= 0.3 is 0 Å². The van der Waals surface area contributed by atoms with E-state index >= 15 is 0 Å². The molecule has 0 aliphatic heterocycles. The minimum Gasteiger partial charge on any atom is -0.374 e. The summed E-state index contributed by atoms with van der Waals surface area (Å²) < 4.78 is 29.6. The number of aromatic nitrogens is 2.